The third kappa shape index (κ3) is 2.16. The Balaban J connectivity index is 3.33. The third-order valence-corrected chi connectivity index (χ3v) is 2.36. The van der Waals surface area contributed by atoms with E-state index in [2.05, 4.69) is 4.98 Å². The highest BCUT2D eigenvalue weighted by Crippen LogP contribution is 2.22. The highest BCUT2D eigenvalue weighted by molar-refractivity contribution is 14.1. The molecule has 0 saturated carbocycles. The molecule has 0 aliphatic rings. The smallest absolute Gasteiger partial charge is 0.280 e. The first-order valence-electron chi connectivity index (χ1n) is 3.58. The summed E-state index contributed by atoms with van der Waals surface area (Å²) in [5.74, 6) is 0. The molecule has 0 aliphatic heterocycles. The van der Waals surface area contributed by atoms with E-state index in [-0.39, 0.29) is 14.8 Å². The molecule has 0 amide bonds. The largest absolute Gasteiger partial charge is 0.392 e. The van der Waals surface area contributed by atoms with Crippen LogP contribution in [0.1, 0.15) is 23.2 Å². The van der Waals surface area contributed by atoms with Crippen LogP contribution in [0.4, 0.5) is 8.78 Å². The fourth-order valence-corrected chi connectivity index (χ4v) is 1.68. The van der Waals surface area contributed by atoms with E-state index in [9.17, 15) is 8.78 Å². The Morgan fingerprint density at radius 3 is 2.71 bits per heavy atom. The summed E-state index contributed by atoms with van der Waals surface area (Å²) in [7, 11) is 0. The molecular weight excluding hydrogens is 305 g/mol. The lowest BCUT2D eigenvalue weighted by molar-refractivity contribution is 0.145. The van der Waals surface area contributed by atoms with Gasteiger partial charge in [-0.15, -0.1) is 0 Å². The maximum atomic E-state index is 12.3. The molecule has 1 aromatic heterocycles. The van der Waals surface area contributed by atoms with Gasteiger partial charge < -0.3 is 5.11 Å². The summed E-state index contributed by atoms with van der Waals surface area (Å²) in [6, 6.07) is 2.85. The van der Waals surface area contributed by atoms with Crippen LogP contribution in [0.25, 0.3) is 0 Å². The van der Waals surface area contributed by atoms with E-state index in [4.69, 9.17) is 10.4 Å². The van der Waals surface area contributed by atoms with E-state index in [1.165, 1.54) is 0 Å². The summed E-state index contributed by atoms with van der Waals surface area (Å²) in [6.07, 6.45) is -2.69. The van der Waals surface area contributed by atoms with Crippen LogP contribution >= 0.6 is 22.6 Å². The standard InChI is InChI=1S/C8H5F2IN2O/c9-7(10)6-1-4(3-14)5(2-12)8(11)13-6/h1,7,14H,3H2. The fourth-order valence-electron chi connectivity index (χ4n) is 0.939. The zero-order valence-corrected chi connectivity index (χ0v) is 8.99. The van der Waals surface area contributed by atoms with Gasteiger partial charge in [0, 0.05) is 0 Å². The molecule has 1 rings (SSSR count). The van der Waals surface area contributed by atoms with Gasteiger partial charge in [0.25, 0.3) is 6.43 Å². The van der Waals surface area contributed by atoms with Crippen LogP contribution in [0.2, 0.25) is 0 Å². The summed E-state index contributed by atoms with van der Waals surface area (Å²) in [4.78, 5) is 3.56. The van der Waals surface area contributed by atoms with Crippen LogP contribution in [0.5, 0.6) is 0 Å². The van der Waals surface area contributed by atoms with Crippen molar-refractivity contribution in [3.63, 3.8) is 0 Å². The molecule has 0 saturated heterocycles. The van der Waals surface area contributed by atoms with Crippen LogP contribution in [0, 0.1) is 15.0 Å². The van der Waals surface area contributed by atoms with Crippen molar-refractivity contribution in [1.82, 2.24) is 4.98 Å². The van der Waals surface area contributed by atoms with Crippen molar-refractivity contribution in [2.45, 2.75) is 13.0 Å². The van der Waals surface area contributed by atoms with Crippen molar-refractivity contribution >= 4 is 22.6 Å². The number of nitrogens with zero attached hydrogens (tertiary/aromatic N) is 2. The van der Waals surface area contributed by atoms with Gasteiger partial charge in [0.2, 0.25) is 0 Å². The molecule has 1 N–H and O–H groups in total. The first-order chi connectivity index (χ1) is 6.60. The number of rotatable bonds is 2. The fraction of sp³-hybridized carbons (Fsp3) is 0.250. The van der Waals surface area contributed by atoms with Crippen molar-refractivity contribution < 1.29 is 13.9 Å². The minimum absolute atomic E-state index is 0.150. The summed E-state index contributed by atoms with van der Waals surface area (Å²) in [6.45, 7) is -0.443. The molecule has 0 spiro atoms. The van der Waals surface area contributed by atoms with E-state index in [0.717, 1.165) is 6.07 Å². The molecule has 0 radical (unpaired) electrons. The summed E-state index contributed by atoms with van der Waals surface area (Å²) >= 11 is 1.69. The van der Waals surface area contributed by atoms with Crippen LogP contribution in [-0.2, 0) is 6.61 Å². The third-order valence-electron chi connectivity index (χ3n) is 1.58. The lowest BCUT2D eigenvalue weighted by Gasteiger charge is -2.05. The first-order valence-corrected chi connectivity index (χ1v) is 4.66. The highest BCUT2D eigenvalue weighted by Gasteiger charge is 2.15. The van der Waals surface area contributed by atoms with E-state index >= 15 is 0 Å². The second-order valence-electron chi connectivity index (χ2n) is 2.44. The van der Waals surface area contributed by atoms with Crippen molar-refractivity contribution in [3.8, 4) is 6.07 Å². The van der Waals surface area contributed by atoms with Gasteiger partial charge in [-0.1, -0.05) is 0 Å². The zero-order chi connectivity index (χ0) is 10.7. The molecule has 0 aromatic carbocycles. The molecule has 3 nitrogen and oxygen atoms in total. The zero-order valence-electron chi connectivity index (χ0n) is 6.84. The number of pyridine rings is 1. The normalized spacial score (nSPS) is 10.3. The van der Waals surface area contributed by atoms with Gasteiger partial charge in [0.15, 0.2) is 0 Å². The Labute approximate surface area is 92.5 Å². The number of aliphatic hydroxyl groups is 1. The Morgan fingerprint density at radius 2 is 2.29 bits per heavy atom. The van der Waals surface area contributed by atoms with Gasteiger partial charge in [0.1, 0.15) is 15.5 Å². The second kappa shape index (κ2) is 4.61. The molecule has 14 heavy (non-hydrogen) atoms. The van der Waals surface area contributed by atoms with Crippen LogP contribution < -0.4 is 0 Å². The van der Waals surface area contributed by atoms with Gasteiger partial charge >= 0.3 is 0 Å². The second-order valence-corrected chi connectivity index (χ2v) is 3.46. The molecule has 6 heteroatoms. The quantitative estimate of drug-likeness (QED) is 0.671. The molecule has 0 fully saturated rings. The highest BCUT2D eigenvalue weighted by atomic mass is 127. The maximum absolute atomic E-state index is 12.3. The summed E-state index contributed by atoms with van der Waals surface area (Å²) in [5, 5.41) is 17.5. The minimum atomic E-state index is -2.69. The molecule has 0 atom stereocenters. The van der Waals surface area contributed by atoms with Gasteiger partial charge in [0.05, 0.1) is 12.2 Å². The minimum Gasteiger partial charge on any atom is -0.392 e. The molecule has 0 aliphatic carbocycles. The van der Waals surface area contributed by atoms with Gasteiger partial charge in [-0.3, -0.25) is 0 Å². The number of aliphatic hydroxyl groups excluding tert-OH is 1. The number of aromatic nitrogens is 1. The SMILES string of the molecule is N#Cc1c(CO)cc(C(F)F)nc1I. The lowest BCUT2D eigenvalue weighted by atomic mass is 10.1. The number of alkyl halides is 2. The number of hydrogen-bond acceptors (Lipinski definition) is 3. The molecule has 1 aromatic rings. The van der Waals surface area contributed by atoms with Crippen LogP contribution in [0.15, 0.2) is 6.07 Å². The molecule has 0 bridgehead atoms. The molecule has 1 heterocycles. The first kappa shape index (κ1) is 11.3. The van der Waals surface area contributed by atoms with E-state index in [0.29, 0.717) is 0 Å². The number of hydrogen-bond donors (Lipinski definition) is 1. The summed E-state index contributed by atoms with van der Waals surface area (Å²) in [5.41, 5.74) is -0.0860. The lowest BCUT2D eigenvalue weighted by Crippen LogP contribution is -2.01. The maximum Gasteiger partial charge on any atom is 0.280 e. The predicted octanol–water partition coefficient (Wildman–Crippen LogP) is 1.99. The Morgan fingerprint density at radius 1 is 1.64 bits per heavy atom. The van der Waals surface area contributed by atoms with Crippen molar-refractivity contribution in [1.29, 1.82) is 5.26 Å². The average Bonchev–Trinajstić information content (AvgIpc) is 2.16. The van der Waals surface area contributed by atoms with Crippen molar-refractivity contribution in [2.75, 3.05) is 0 Å². The summed E-state index contributed by atoms with van der Waals surface area (Å²) < 4.78 is 24.7. The van der Waals surface area contributed by atoms with Crippen LogP contribution in [-0.4, -0.2) is 10.1 Å². The molecule has 0 unspecified atom stereocenters. The van der Waals surface area contributed by atoms with E-state index < -0.39 is 18.7 Å². The van der Waals surface area contributed by atoms with E-state index in [1.54, 1.807) is 28.7 Å². The molecular formula is C8H5F2IN2O. The van der Waals surface area contributed by atoms with Gasteiger partial charge in [-0.2, -0.15) is 5.26 Å². The van der Waals surface area contributed by atoms with Crippen molar-refractivity contribution in [3.05, 3.63) is 26.6 Å². The Bertz CT molecular complexity index is 390. The number of nitriles is 1. The number of halogens is 3. The molecule has 74 valence electrons. The van der Waals surface area contributed by atoms with Gasteiger partial charge in [-0.25, -0.2) is 13.8 Å². The van der Waals surface area contributed by atoms with E-state index in [1.807, 2.05) is 0 Å². The Kier molecular flexibility index (Phi) is 3.71. The van der Waals surface area contributed by atoms with Crippen molar-refractivity contribution in [2.24, 2.45) is 0 Å². The average molecular weight is 310 g/mol. The predicted molar refractivity (Wildman–Crippen MR) is 52.5 cm³/mol. The Hall–Kier alpha value is -0.810. The van der Waals surface area contributed by atoms with Gasteiger partial charge in [-0.05, 0) is 34.2 Å². The van der Waals surface area contributed by atoms with Crippen LogP contribution in [0.3, 0.4) is 0 Å². The monoisotopic (exact) mass is 310 g/mol. The topological polar surface area (TPSA) is 56.9 Å².